The lowest BCUT2D eigenvalue weighted by molar-refractivity contribution is -0.117. The van der Waals surface area contributed by atoms with Gasteiger partial charge in [0.05, 0.1) is 41.1 Å². The number of carbonyl (C=O) groups is 2. The molecule has 1 fully saturated rings. The number of pyridine rings is 1. The van der Waals surface area contributed by atoms with Crippen LogP contribution in [0.3, 0.4) is 0 Å². The van der Waals surface area contributed by atoms with Crippen LogP contribution in [-0.4, -0.2) is 57.8 Å². The Labute approximate surface area is 238 Å². The molecule has 2 aromatic heterocycles. The van der Waals surface area contributed by atoms with Crippen LogP contribution in [0.25, 0.3) is 11.3 Å². The molecule has 0 spiro atoms. The molecule has 3 N–H and O–H groups in total. The minimum absolute atomic E-state index is 0.138. The number of aryl methyl sites for hydroxylation is 2. The SMILES string of the molecule is C=CC(=O)NC1CC(Nc2cccc3c2N2CCCCCOc4c(cnn4C)-c4cc(cc(C)n4)C(=O)/N=C/2N3)C1. The summed E-state index contributed by atoms with van der Waals surface area (Å²) in [5.41, 5.74) is 5.37. The van der Waals surface area contributed by atoms with Crippen molar-refractivity contribution in [3.63, 3.8) is 0 Å². The number of hydrogen-bond donors (Lipinski definition) is 3. The van der Waals surface area contributed by atoms with Gasteiger partial charge in [-0.3, -0.25) is 14.6 Å². The highest BCUT2D eigenvalue weighted by molar-refractivity contribution is 6.21. The summed E-state index contributed by atoms with van der Waals surface area (Å²) in [6.07, 6.45) is 7.38. The number of anilines is 3. The molecule has 1 saturated carbocycles. The van der Waals surface area contributed by atoms with Crippen molar-refractivity contribution >= 4 is 34.8 Å². The van der Waals surface area contributed by atoms with Crippen molar-refractivity contribution in [1.82, 2.24) is 20.1 Å². The van der Waals surface area contributed by atoms with Gasteiger partial charge in [0.25, 0.3) is 5.91 Å². The van der Waals surface area contributed by atoms with Crippen molar-refractivity contribution in [2.75, 3.05) is 28.7 Å². The molecule has 212 valence electrons. The van der Waals surface area contributed by atoms with Gasteiger partial charge in [-0.15, -0.1) is 0 Å². The molecule has 2 bridgehead atoms. The van der Waals surface area contributed by atoms with Crippen molar-refractivity contribution in [1.29, 1.82) is 0 Å². The molecule has 0 saturated heterocycles. The summed E-state index contributed by atoms with van der Waals surface area (Å²) >= 11 is 0. The molecule has 2 amide bonds. The normalized spacial score (nSPS) is 21.3. The van der Waals surface area contributed by atoms with E-state index in [1.165, 1.54) is 6.08 Å². The lowest BCUT2D eigenvalue weighted by Gasteiger charge is -2.37. The van der Waals surface area contributed by atoms with Crippen LogP contribution < -0.4 is 25.6 Å². The number of hydrogen-bond acceptors (Lipinski definition) is 8. The van der Waals surface area contributed by atoms with Gasteiger partial charge in [-0.1, -0.05) is 12.6 Å². The van der Waals surface area contributed by atoms with Gasteiger partial charge in [0.1, 0.15) is 0 Å². The van der Waals surface area contributed by atoms with Gasteiger partial charge in [-0.05, 0) is 69.4 Å². The van der Waals surface area contributed by atoms with E-state index in [4.69, 9.17) is 4.74 Å². The molecule has 3 aliphatic rings. The third-order valence-electron chi connectivity index (χ3n) is 7.67. The fraction of sp³-hybridized carbons (Fsp3) is 0.367. The molecule has 11 nitrogen and oxygen atoms in total. The number of nitrogens with zero attached hydrogens (tertiary/aromatic N) is 5. The van der Waals surface area contributed by atoms with E-state index in [2.05, 4.69) is 42.5 Å². The number of aliphatic imine (C=N–C) groups is 1. The standard InChI is InChI=1S/C30H34N8O3/c1-4-26(39)34-21-15-20(16-21)33-23-9-8-10-24-27(23)38-11-6-5-7-12-41-29-22(17-31-37(29)3)25-14-19(13-18(2)32-25)28(40)36-30(38)35-24/h4,8-10,13-14,17,20-21,33H,1,5-7,11-12,15-16H2,2-3H3,(H,34,39)(H,35,36,40). The molecule has 41 heavy (non-hydrogen) atoms. The van der Waals surface area contributed by atoms with Gasteiger partial charge in [0.2, 0.25) is 17.7 Å². The number of carbonyl (C=O) groups excluding carboxylic acids is 2. The molecular formula is C30H34N8O3. The quantitative estimate of drug-likeness (QED) is 0.413. The highest BCUT2D eigenvalue weighted by Crippen LogP contribution is 2.41. The van der Waals surface area contributed by atoms with Crippen molar-refractivity contribution in [3.8, 4) is 17.1 Å². The van der Waals surface area contributed by atoms with Crippen LogP contribution in [0.2, 0.25) is 0 Å². The molecule has 6 rings (SSSR count). The van der Waals surface area contributed by atoms with Crippen LogP contribution in [0.5, 0.6) is 5.88 Å². The number of aromatic nitrogens is 3. The monoisotopic (exact) mass is 554 g/mol. The average molecular weight is 555 g/mol. The molecule has 3 aromatic rings. The molecule has 0 unspecified atom stereocenters. The summed E-state index contributed by atoms with van der Waals surface area (Å²) in [5.74, 6) is 0.644. The Morgan fingerprint density at radius 1 is 1.20 bits per heavy atom. The van der Waals surface area contributed by atoms with Gasteiger partial charge < -0.3 is 25.6 Å². The Morgan fingerprint density at radius 2 is 2.05 bits per heavy atom. The molecule has 0 atom stereocenters. The fourth-order valence-electron chi connectivity index (χ4n) is 5.57. The van der Waals surface area contributed by atoms with Gasteiger partial charge in [0, 0.05) is 36.9 Å². The highest BCUT2D eigenvalue weighted by atomic mass is 16.5. The summed E-state index contributed by atoms with van der Waals surface area (Å²) in [7, 11) is 1.84. The Kier molecular flexibility index (Phi) is 7.17. The Morgan fingerprint density at radius 3 is 2.88 bits per heavy atom. The third-order valence-corrected chi connectivity index (χ3v) is 7.67. The van der Waals surface area contributed by atoms with E-state index in [1.807, 2.05) is 32.2 Å². The first kappa shape index (κ1) is 26.5. The van der Waals surface area contributed by atoms with Crippen molar-refractivity contribution in [2.24, 2.45) is 12.0 Å². The van der Waals surface area contributed by atoms with E-state index >= 15 is 0 Å². The van der Waals surface area contributed by atoms with Crippen molar-refractivity contribution < 1.29 is 14.3 Å². The minimum Gasteiger partial charge on any atom is -0.477 e. The van der Waals surface area contributed by atoms with Crippen LogP contribution in [0, 0.1) is 6.92 Å². The van der Waals surface area contributed by atoms with Gasteiger partial charge >= 0.3 is 0 Å². The van der Waals surface area contributed by atoms with E-state index in [9.17, 15) is 9.59 Å². The van der Waals surface area contributed by atoms with Gasteiger partial charge in [-0.2, -0.15) is 10.1 Å². The van der Waals surface area contributed by atoms with Gasteiger partial charge in [-0.25, -0.2) is 4.68 Å². The molecule has 0 radical (unpaired) electrons. The lowest BCUT2D eigenvalue weighted by Crippen LogP contribution is -2.49. The van der Waals surface area contributed by atoms with Crippen molar-refractivity contribution in [2.45, 2.75) is 51.1 Å². The molecule has 11 heteroatoms. The summed E-state index contributed by atoms with van der Waals surface area (Å²) < 4.78 is 7.84. The highest BCUT2D eigenvalue weighted by Gasteiger charge is 2.33. The molecule has 1 aromatic carbocycles. The number of rotatable bonds is 4. The second kappa shape index (κ2) is 11.1. The maximum atomic E-state index is 13.6. The van der Waals surface area contributed by atoms with E-state index in [0.29, 0.717) is 41.9 Å². The maximum Gasteiger partial charge on any atom is 0.280 e. The summed E-state index contributed by atoms with van der Waals surface area (Å²) in [4.78, 5) is 36.5. The van der Waals surface area contributed by atoms with Crippen molar-refractivity contribution in [3.05, 3.63) is 60.4 Å². The van der Waals surface area contributed by atoms with Crippen LogP contribution in [0.15, 0.2) is 54.2 Å². The van der Waals surface area contributed by atoms with Crippen LogP contribution in [0.1, 0.15) is 48.2 Å². The first-order chi connectivity index (χ1) is 19.9. The van der Waals surface area contributed by atoms with E-state index in [0.717, 1.165) is 54.7 Å². The van der Waals surface area contributed by atoms with Crippen LogP contribution >= 0.6 is 0 Å². The average Bonchev–Trinajstić information content (AvgIpc) is 3.48. The van der Waals surface area contributed by atoms with E-state index < -0.39 is 0 Å². The second-order valence-corrected chi connectivity index (χ2v) is 10.7. The number of fused-ring (bicyclic) bond motifs is 7. The zero-order valence-corrected chi connectivity index (χ0v) is 23.3. The predicted octanol–water partition coefficient (Wildman–Crippen LogP) is 4.03. The number of benzene rings is 1. The lowest BCUT2D eigenvalue weighted by atomic mass is 9.86. The number of amides is 2. The number of ether oxygens (including phenoxy) is 1. The van der Waals surface area contributed by atoms with E-state index in [-0.39, 0.29) is 23.9 Å². The summed E-state index contributed by atoms with van der Waals surface area (Å²) in [5, 5.41) is 14.4. The number of para-hydroxylation sites is 1. The molecule has 4 heterocycles. The number of nitrogens with one attached hydrogen (secondary N) is 3. The number of guanidine groups is 1. The Hall–Kier alpha value is -4.67. The largest absolute Gasteiger partial charge is 0.477 e. The smallest absolute Gasteiger partial charge is 0.280 e. The second-order valence-electron chi connectivity index (χ2n) is 10.7. The summed E-state index contributed by atoms with van der Waals surface area (Å²) in [6.45, 7) is 6.63. The minimum atomic E-state index is -0.354. The summed E-state index contributed by atoms with van der Waals surface area (Å²) in [6, 6.07) is 9.91. The van der Waals surface area contributed by atoms with Crippen LogP contribution in [0.4, 0.5) is 17.1 Å². The zero-order chi connectivity index (χ0) is 28.5. The fourth-order valence-corrected chi connectivity index (χ4v) is 5.57. The Balaban J connectivity index is 1.30. The molecular weight excluding hydrogens is 520 g/mol. The first-order valence-corrected chi connectivity index (χ1v) is 14.0. The van der Waals surface area contributed by atoms with E-state index in [1.54, 1.807) is 23.0 Å². The van der Waals surface area contributed by atoms with Gasteiger partial charge in [0.15, 0.2) is 0 Å². The molecule has 2 aliphatic heterocycles. The van der Waals surface area contributed by atoms with Crippen LogP contribution in [-0.2, 0) is 11.8 Å². The molecule has 1 aliphatic carbocycles. The first-order valence-electron chi connectivity index (χ1n) is 14.0. The third kappa shape index (κ3) is 5.39. The topological polar surface area (TPSA) is 126 Å². The Bertz CT molecular complexity index is 1540. The maximum absolute atomic E-state index is 13.6. The zero-order valence-electron chi connectivity index (χ0n) is 23.3. The predicted molar refractivity (Wildman–Crippen MR) is 158 cm³/mol.